The van der Waals surface area contributed by atoms with Gasteiger partial charge >= 0.3 is 0 Å². The minimum absolute atomic E-state index is 0.201. The van der Waals surface area contributed by atoms with Crippen LogP contribution < -0.4 is 10.9 Å². The van der Waals surface area contributed by atoms with Crippen LogP contribution in [0.15, 0.2) is 59.5 Å². The summed E-state index contributed by atoms with van der Waals surface area (Å²) < 4.78 is 1.41. The summed E-state index contributed by atoms with van der Waals surface area (Å²) in [5.41, 5.74) is 1.46. The Balaban J connectivity index is 2.05. The second kappa shape index (κ2) is 5.20. The highest BCUT2D eigenvalue weighted by Crippen LogP contribution is 2.10. The summed E-state index contributed by atoms with van der Waals surface area (Å²) in [7, 11) is 0. The van der Waals surface area contributed by atoms with Gasteiger partial charge in [0.15, 0.2) is 0 Å². The number of carbonyl (C=O) groups excluding carboxylic acids is 1. The van der Waals surface area contributed by atoms with Crippen LogP contribution >= 0.6 is 0 Å². The highest BCUT2D eigenvalue weighted by molar-refractivity contribution is 6.04. The van der Waals surface area contributed by atoms with Gasteiger partial charge < -0.3 is 5.32 Å². The van der Waals surface area contributed by atoms with Gasteiger partial charge in [0, 0.05) is 11.8 Å². The summed E-state index contributed by atoms with van der Waals surface area (Å²) in [5.74, 6) is -0.325. The molecule has 0 unspecified atom stereocenters. The first kappa shape index (κ1) is 13.1. The largest absolute Gasteiger partial charge is 0.316 e. The van der Waals surface area contributed by atoms with Gasteiger partial charge in [-0.25, -0.2) is 4.98 Å². The van der Waals surface area contributed by atoms with Gasteiger partial charge in [0.25, 0.3) is 11.5 Å². The van der Waals surface area contributed by atoms with E-state index in [1.54, 1.807) is 49.5 Å². The number of nitrogens with one attached hydrogen (secondary N) is 1. The lowest BCUT2D eigenvalue weighted by atomic mass is 10.2. The van der Waals surface area contributed by atoms with Gasteiger partial charge in [0.1, 0.15) is 11.3 Å². The Morgan fingerprint density at radius 3 is 2.57 bits per heavy atom. The number of aryl methyl sites for hydroxylation is 1. The minimum atomic E-state index is -0.325. The van der Waals surface area contributed by atoms with E-state index in [1.165, 1.54) is 4.40 Å². The summed E-state index contributed by atoms with van der Waals surface area (Å²) in [6.07, 6.45) is 1.63. The molecule has 21 heavy (non-hydrogen) atoms. The predicted octanol–water partition coefficient (Wildman–Crippen LogP) is 2.26. The third-order valence-electron chi connectivity index (χ3n) is 3.19. The lowest BCUT2D eigenvalue weighted by molar-refractivity contribution is 0.102. The molecule has 2 aromatic heterocycles. The first-order chi connectivity index (χ1) is 10.2. The molecule has 104 valence electrons. The highest BCUT2D eigenvalue weighted by Gasteiger charge is 2.13. The Hall–Kier alpha value is -2.95. The number of hydrogen-bond donors (Lipinski definition) is 1. The molecule has 0 aliphatic heterocycles. The van der Waals surface area contributed by atoms with Crippen molar-refractivity contribution in [3.8, 4) is 0 Å². The molecule has 0 bridgehead atoms. The number of hydrogen-bond acceptors (Lipinski definition) is 3. The summed E-state index contributed by atoms with van der Waals surface area (Å²) in [5, 5.41) is 2.65. The van der Waals surface area contributed by atoms with Gasteiger partial charge in [-0.15, -0.1) is 0 Å². The zero-order valence-corrected chi connectivity index (χ0v) is 11.4. The minimum Gasteiger partial charge on any atom is -0.316 e. The molecule has 0 atom stereocenters. The second-order valence-corrected chi connectivity index (χ2v) is 4.63. The van der Waals surface area contributed by atoms with Crippen LogP contribution in [0.5, 0.6) is 0 Å². The number of anilines is 1. The maximum Gasteiger partial charge on any atom is 0.281 e. The molecule has 0 fully saturated rings. The van der Waals surface area contributed by atoms with E-state index >= 15 is 0 Å². The number of nitrogens with zero attached hydrogens (tertiary/aromatic N) is 2. The Morgan fingerprint density at radius 2 is 1.81 bits per heavy atom. The van der Waals surface area contributed by atoms with Crippen LogP contribution in [0.2, 0.25) is 0 Å². The first-order valence-electron chi connectivity index (χ1n) is 6.51. The summed E-state index contributed by atoms with van der Waals surface area (Å²) in [4.78, 5) is 28.9. The van der Waals surface area contributed by atoms with Crippen molar-refractivity contribution in [1.29, 1.82) is 0 Å². The molecule has 5 nitrogen and oxygen atoms in total. The Bertz CT molecular complexity index is 870. The van der Waals surface area contributed by atoms with Crippen LogP contribution in [0.4, 0.5) is 5.69 Å². The van der Waals surface area contributed by atoms with Gasteiger partial charge in [-0.3, -0.25) is 14.0 Å². The van der Waals surface area contributed by atoms with Crippen molar-refractivity contribution in [2.45, 2.75) is 6.92 Å². The van der Waals surface area contributed by atoms with E-state index in [9.17, 15) is 9.59 Å². The number of aromatic nitrogens is 2. The zero-order valence-electron chi connectivity index (χ0n) is 11.4. The van der Waals surface area contributed by atoms with E-state index in [1.807, 2.05) is 12.1 Å². The van der Waals surface area contributed by atoms with Crippen LogP contribution in [-0.4, -0.2) is 15.3 Å². The van der Waals surface area contributed by atoms with Crippen molar-refractivity contribution in [1.82, 2.24) is 9.38 Å². The third-order valence-corrected chi connectivity index (χ3v) is 3.19. The molecule has 1 N–H and O–H groups in total. The third kappa shape index (κ3) is 2.41. The number of rotatable bonds is 2. The first-order valence-corrected chi connectivity index (χ1v) is 6.51. The van der Waals surface area contributed by atoms with Gasteiger partial charge in [0.2, 0.25) is 0 Å². The molecule has 5 heteroatoms. The topological polar surface area (TPSA) is 63.5 Å². The van der Waals surface area contributed by atoms with Crippen molar-refractivity contribution >= 4 is 17.2 Å². The van der Waals surface area contributed by atoms with Crippen molar-refractivity contribution in [3.63, 3.8) is 0 Å². The lowest BCUT2D eigenvalue weighted by Crippen LogP contribution is -2.24. The van der Waals surface area contributed by atoms with E-state index in [-0.39, 0.29) is 17.2 Å². The fourth-order valence-corrected chi connectivity index (χ4v) is 2.12. The molecule has 0 saturated heterocycles. The van der Waals surface area contributed by atoms with Gasteiger partial charge in [-0.1, -0.05) is 24.3 Å². The number of fused-ring (bicyclic) bond motifs is 1. The van der Waals surface area contributed by atoms with Gasteiger partial charge in [-0.05, 0) is 31.2 Å². The summed E-state index contributed by atoms with van der Waals surface area (Å²) >= 11 is 0. The second-order valence-electron chi connectivity index (χ2n) is 4.63. The maximum absolute atomic E-state index is 12.4. The zero-order chi connectivity index (χ0) is 14.8. The molecule has 0 spiro atoms. The van der Waals surface area contributed by atoms with Crippen LogP contribution in [0, 0.1) is 6.92 Å². The molecule has 3 rings (SSSR count). The fraction of sp³-hybridized carbons (Fsp3) is 0.0625. The van der Waals surface area contributed by atoms with Gasteiger partial charge in [0.05, 0.1) is 5.69 Å². The molecular formula is C16H13N3O2. The van der Waals surface area contributed by atoms with Crippen molar-refractivity contribution in [2.75, 3.05) is 5.32 Å². The average molecular weight is 279 g/mol. The van der Waals surface area contributed by atoms with Gasteiger partial charge in [-0.2, -0.15) is 0 Å². The Morgan fingerprint density at radius 1 is 1.10 bits per heavy atom. The standard InChI is InChI=1S/C16H13N3O2/c1-11-14(18-15(20)12-7-3-2-4-8-12)16(21)19-10-6-5-9-13(19)17-11/h2-10H,1H3,(H,18,20). The smallest absolute Gasteiger partial charge is 0.281 e. The number of benzene rings is 1. The number of amides is 1. The lowest BCUT2D eigenvalue weighted by Gasteiger charge is -2.09. The van der Waals surface area contributed by atoms with E-state index < -0.39 is 0 Å². The molecule has 3 aromatic rings. The monoisotopic (exact) mass is 279 g/mol. The van der Waals surface area contributed by atoms with Crippen molar-refractivity contribution in [2.24, 2.45) is 0 Å². The van der Waals surface area contributed by atoms with Crippen molar-refractivity contribution < 1.29 is 4.79 Å². The highest BCUT2D eigenvalue weighted by atomic mass is 16.2. The van der Waals surface area contributed by atoms with E-state index in [2.05, 4.69) is 10.3 Å². The predicted molar refractivity (Wildman–Crippen MR) is 80.6 cm³/mol. The maximum atomic E-state index is 12.4. The molecular weight excluding hydrogens is 266 g/mol. The molecule has 2 heterocycles. The molecule has 0 saturated carbocycles. The quantitative estimate of drug-likeness (QED) is 0.782. The van der Waals surface area contributed by atoms with Crippen LogP contribution in [0.25, 0.3) is 5.65 Å². The molecule has 0 radical (unpaired) electrons. The normalized spacial score (nSPS) is 10.5. The number of carbonyl (C=O) groups is 1. The molecule has 0 aliphatic carbocycles. The Kier molecular flexibility index (Phi) is 3.23. The number of pyridine rings is 1. The summed E-state index contributed by atoms with van der Waals surface area (Å²) in [6.45, 7) is 1.70. The van der Waals surface area contributed by atoms with Crippen LogP contribution in [0.3, 0.4) is 0 Å². The summed E-state index contributed by atoms with van der Waals surface area (Å²) in [6, 6.07) is 14.1. The van der Waals surface area contributed by atoms with Crippen LogP contribution in [-0.2, 0) is 0 Å². The SMILES string of the molecule is Cc1nc2ccccn2c(=O)c1NC(=O)c1ccccc1. The molecule has 1 aromatic carbocycles. The van der Waals surface area contributed by atoms with E-state index in [4.69, 9.17) is 0 Å². The fourth-order valence-electron chi connectivity index (χ4n) is 2.12. The molecule has 1 amide bonds. The van der Waals surface area contributed by atoms with E-state index in [0.717, 1.165) is 0 Å². The van der Waals surface area contributed by atoms with E-state index in [0.29, 0.717) is 16.9 Å². The Labute approximate surface area is 120 Å². The van der Waals surface area contributed by atoms with Crippen molar-refractivity contribution in [3.05, 3.63) is 76.3 Å². The van der Waals surface area contributed by atoms with Crippen LogP contribution in [0.1, 0.15) is 16.1 Å². The molecule has 0 aliphatic rings. The average Bonchev–Trinajstić information content (AvgIpc) is 2.52.